The zero-order valence-corrected chi connectivity index (χ0v) is 15.7. The molecule has 4 nitrogen and oxygen atoms in total. The molecular weight excluding hydrogens is 344 g/mol. The summed E-state index contributed by atoms with van der Waals surface area (Å²) in [4.78, 5) is 7.03. The number of pyridine rings is 1. The molecule has 26 heavy (non-hydrogen) atoms. The number of nitrogens with zero attached hydrogens (tertiary/aromatic N) is 3. The van der Waals surface area contributed by atoms with Crippen LogP contribution >= 0.6 is 11.6 Å². The number of rotatable bonds is 6. The molecule has 2 aliphatic heterocycles. The normalized spacial score (nSPS) is 20.6. The molecule has 0 amide bonds. The highest BCUT2D eigenvalue weighted by Crippen LogP contribution is 2.26. The number of aromatic nitrogens is 1. The minimum Gasteiger partial charge on any atom is -0.299 e. The molecule has 5 heteroatoms. The standard InChI is InChI=1S/C21H25ClN4/c22-18-6-5-8-20(14-18)26-16-17(15-25-12-3-4-13-25)21(24-26)10-9-19-7-1-2-11-23-19/h1-2,5-8,11,14,16,21,24H,3-4,9-10,12-13,15H2. The Hall–Kier alpha value is -1.88. The number of hydrazine groups is 1. The van der Waals surface area contributed by atoms with Gasteiger partial charge in [0, 0.05) is 29.7 Å². The van der Waals surface area contributed by atoms with Crippen molar-refractivity contribution in [1.82, 2.24) is 15.3 Å². The topological polar surface area (TPSA) is 31.4 Å². The summed E-state index contributed by atoms with van der Waals surface area (Å²) in [6.45, 7) is 3.46. The molecule has 1 unspecified atom stereocenters. The van der Waals surface area contributed by atoms with Crippen LogP contribution in [0.5, 0.6) is 0 Å². The van der Waals surface area contributed by atoms with Crippen LogP contribution in [0.4, 0.5) is 5.69 Å². The van der Waals surface area contributed by atoms with E-state index in [-0.39, 0.29) is 0 Å². The van der Waals surface area contributed by atoms with Crippen molar-refractivity contribution in [3.63, 3.8) is 0 Å². The number of likely N-dealkylation sites (tertiary alicyclic amines) is 1. The molecule has 0 radical (unpaired) electrons. The first-order valence-electron chi connectivity index (χ1n) is 9.42. The predicted octanol–water partition coefficient (Wildman–Crippen LogP) is 4.04. The third kappa shape index (κ3) is 4.26. The van der Waals surface area contributed by atoms with Crippen LogP contribution in [0.25, 0.3) is 0 Å². The average Bonchev–Trinajstić information content (AvgIpc) is 3.31. The van der Waals surface area contributed by atoms with Gasteiger partial charge in [-0.3, -0.25) is 14.9 Å². The van der Waals surface area contributed by atoms with Crippen LogP contribution < -0.4 is 10.4 Å². The molecule has 3 heterocycles. The summed E-state index contributed by atoms with van der Waals surface area (Å²) in [6, 6.07) is 14.5. The fourth-order valence-corrected chi connectivity index (χ4v) is 3.94. The summed E-state index contributed by atoms with van der Waals surface area (Å²) in [5, 5.41) is 2.89. The third-order valence-electron chi connectivity index (χ3n) is 5.14. The number of halogens is 1. The Morgan fingerprint density at radius 1 is 1.12 bits per heavy atom. The van der Waals surface area contributed by atoms with Gasteiger partial charge in [-0.25, -0.2) is 5.43 Å². The van der Waals surface area contributed by atoms with Gasteiger partial charge < -0.3 is 0 Å². The molecule has 1 atom stereocenters. The summed E-state index contributed by atoms with van der Waals surface area (Å²) in [7, 11) is 0. The van der Waals surface area contributed by atoms with Crippen molar-refractivity contribution in [2.24, 2.45) is 0 Å². The van der Waals surface area contributed by atoms with Crippen LogP contribution in [0.15, 0.2) is 60.4 Å². The van der Waals surface area contributed by atoms with Crippen LogP contribution in [0.1, 0.15) is 25.0 Å². The van der Waals surface area contributed by atoms with E-state index in [1.54, 1.807) is 0 Å². The van der Waals surface area contributed by atoms with Gasteiger partial charge >= 0.3 is 0 Å². The SMILES string of the molecule is Clc1cccc(N2C=C(CN3CCCC3)C(CCc3ccccn3)N2)c1. The van der Waals surface area contributed by atoms with Gasteiger partial charge in [-0.15, -0.1) is 0 Å². The molecule has 4 rings (SSSR count). The minimum absolute atomic E-state index is 0.330. The average molecular weight is 369 g/mol. The van der Waals surface area contributed by atoms with E-state index >= 15 is 0 Å². The number of nitrogens with one attached hydrogen (secondary N) is 1. The lowest BCUT2D eigenvalue weighted by atomic mass is 10.0. The van der Waals surface area contributed by atoms with Gasteiger partial charge in [0.15, 0.2) is 0 Å². The van der Waals surface area contributed by atoms with Crippen LogP contribution in [0.2, 0.25) is 5.02 Å². The molecule has 2 aromatic rings. The first kappa shape index (κ1) is 17.5. The lowest BCUT2D eigenvalue weighted by molar-refractivity contribution is 0.357. The molecule has 136 valence electrons. The zero-order valence-electron chi connectivity index (χ0n) is 14.9. The Morgan fingerprint density at radius 2 is 2.00 bits per heavy atom. The van der Waals surface area contributed by atoms with Gasteiger partial charge in [-0.1, -0.05) is 23.7 Å². The summed E-state index contributed by atoms with van der Waals surface area (Å²) in [6.07, 6.45) is 8.77. The van der Waals surface area contributed by atoms with Gasteiger partial charge in [0.1, 0.15) is 0 Å². The van der Waals surface area contributed by atoms with Crippen LogP contribution in [-0.2, 0) is 6.42 Å². The van der Waals surface area contributed by atoms with Crippen LogP contribution in [0.3, 0.4) is 0 Å². The van der Waals surface area contributed by atoms with Gasteiger partial charge in [-0.2, -0.15) is 0 Å². The molecule has 0 spiro atoms. The maximum atomic E-state index is 6.18. The number of aryl methyl sites for hydroxylation is 1. The van der Waals surface area contributed by atoms with Gasteiger partial charge in [0.2, 0.25) is 0 Å². The molecule has 1 saturated heterocycles. The highest BCUT2D eigenvalue weighted by Gasteiger charge is 2.27. The number of hydrogen-bond acceptors (Lipinski definition) is 4. The summed E-state index contributed by atoms with van der Waals surface area (Å²) >= 11 is 6.18. The maximum Gasteiger partial charge on any atom is 0.0585 e. The number of anilines is 1. The third-order valence-corrected chi connectivity index (χ3v) is 5.38. The van der Waals surface area contributed by atoms with E-state index in [0.717, 1.165) is 35.8 Å². The van der Waals surface area contributed by atoms with E-state index in [4.69, 9.17) is 11.6 Å². The fraction of sp³-hybridized carbons (Fsp3) is 0.381. The van der Waals surface area contributed by atoms with E-state index in [0.29, 0.717) is 6.04 Å². The lowest BCUT2D eigenvalue weighted by Gasteiger charge is -2.22. The zero-order chi connectivity index (χ0) is 17.8. The molecule has 2 aliphatic rings. The summed E-state index contributed by atoms with van der Waals surface area (Å²) < 4.78 is 0. The van der Waals surface area contributed by atoms with Crippen LogP contribution in [0, 0.1) is 0 Å². The van der Waals surface area contributed by atoms with Crippen molar-refractivity contribution < 1.29 is 0 Å². The monoisotopic (exact) mass is 368 g/mol. The van der Waals surface area contributed by atoms with E-state index < -0.39 is 0 Å². The second-order valence-electron chi connectivity index (χ2n) is 7.08. The van der Waals surface area contributed by atoms with Gasteiger partial charge in [0.05, 0.1) is 11.7 Å². The first-order chi connectivity index (χ1) is 12.8. The molecule has 0 aliphatic carbocycles. The summed E-state index contributed by atoms with van der Waals surface area (Å²) in [5.74, 6) is 0. The van der Waals surface area contributed by atoms with E-state index in [1.165, 1.54) is 31.5 Å². The van der Waals surface area contributed by atoms with Crippen molar-refractivity contribution in [1.29, 1.82) is 0 Å². The molecule has 1 fully saturated rings. The first-order valence-corrected chi connectivity index (χ1v) is 9.79. The predicted molar refractivity (Wildman–Crippen MR) is 107 cm³/mol. The second kappa shape index (κ2) is 8.21. The molecule has 1 aromatic heterocycles. The van der Waals surface area contributed by atoms with Crippen molar-refractivity contribution in [2.75, 3.05) is 24.6 Å². The fourth-order valence-electron chi connectivity index (χ4n) is 3.76. The van der Waals surface area contributed by atoms with Crippen molar-refractivity contribution in [3.05, 3.63) is 71.2 Å². The number of benzene rings is 1. The van der Waals surface area contributed by atoms with Crippen LogP contribution in [-0.4, -0.2) is 35.6 Å². The molecule has 1 N–H and O–H groups in total. The molecular formula is C21H25ClN4. The van der Waals surface area contributed by atoms with Crippen molar-refractivity contribution in [2.45, 2.75) is 31.7 Å². The lowest BCUT2D eigenvalue weighted by Crippen LogP contribution is -2.38. The Kier molecular flexibility index (Phi) is 5.54. The van der Waals surface area contributed by atoms with Crippen molar-refractivity contribution >= 4 is 17.3 Å². The number of hydrogen-bond donors (Lipinski definition) is 1. The molecule has 1 aromatic carbocycles. The van der Waals surface area contributed by atoms with Crippen molar-refractivity contribution in [3.8, 4) is 0 Å². The van der Waals surface area contributed by atoms with E-state index in [9.17, 15) is 0 Å². The Balaban J connectivity index is 1.48. The highest BCUT2D eigenvalue weighted by atomic mass is 35.5. The van der Waals surface area contributed by atoms with Gasteiger partial charge in [-0.05, 0) is 74.7 Å². The second-order valence-corrected chi connectivity index (χ2v) is 7.52. The maximum absolute atomic E-state index is 6.18. The van der Waals surface area contributed by atoms with E-state index in [2.05, 4.69) is 44.7 Å². The Morgan fingerprint density at radius 3 is 2.77 bits per heavy atom. The quantitative estimate of drug-likeness (QED) is 0.833. The smallest absolute Gasteiger partial charge is 0.0585 e. The largest absolute Gasteiger partial charge is 0.299 e. The Bertz CT molecular complexity index is 756. The Labute approximate surface area is 160 Å². The van der Waals surface area contributed by atoms with E-state index in [1.807, 2.05) is 30.5 Å². The minimum atomic E-state index is 0.330. The summed E-state index contributed by atoms with van der Waals surface area (Å²) in [5.41, 5.74) is 7.33. The molecule has 0 saturated carbocycles. The molecule has 0 bridgehead atoms. The van der Waals surface area contributed by atoms with Gasteiger partial charge in [0.25, 0.3) is 0 Å². The highest BCUT2D eigenvalue weighted by molar-refractivity contribution is 6.30.